The summed E-state index contributed by atoms with van der Waals surface area (Å²) in [6.45, 7) is 0.252. The van der Waals surface area contributed by atoms with Gasteiger partial charge in [0.15, 0.2) is 0 Å². The maximum atomic E-state index is 13.1. The van der Waals surface area contributed by atoms with E-state index >= 15 is 0 Å². The number of halogens is 1. The van der Waals surface area contributed by atoms with Crippen molar-refractivity contribution in [2.75, 3.05) is 25.5 Å². The highest BCUT2D eigenvalue weighted by Gasteiger charge is 2.53. The number of ether oxygens (including phenoxy) is 1. The van der Waals surface area contributed by atoms with Gasteiger partial charge in [-0.2, -0.15) is 4.31 Å². The topological polar surface area (TPSA) is 75.7 Å². The average molecular weight is 376 g/mol. The van der Waals surface area contributed by atoms with Crippen molar-refractivity contribution in [3.63, 3.8) is 0 Å². The number of carbonyl (C=O) groups excluding carboxylic acids is 1. The van der Waals surface area contributed by atoms with E-state index in [1.807, 2.05) is 0 Å². The molecule has 6 nitrogen and oxygen atoms in total. The Morgan fingerprint density at radius 2 is 1.92 bits per heavy atom. The highest BCUT2D eigenvalue weighted by molar-refractivity contribution is 7.89. The van der Waals surface area contributed by atoms with Gasteiger partial charge in [0, 0.05) is 18.8 Å². The zero-order valence-electron chi connectivity index (χ0n) is 14.0. The van der Waals surface area contributed by atoms with E-state index in [-0.39, 0.29) is 23.9 Å². The van der Waals surface area contributed by atoms with Crippen LogP contribution in [0.1, 0.15) is 12.0 Å². The second kappa shape index (κ2) is 5.78. The van der Waals surface area contributed by atoms with Gasteiger partial charge in [0.2, 0.25) is 15.9 Å². The Bertz CT molecular complexity index is 991. The third kappa shape index (κ3) is 2.40. The molecule has 1 saturated heterocycles. The van der Waals surface area contributed by atoms with Crippen LogP contribution < -0.4 is 10.1 Å². The summed E-state index contributed by atoms with van der Waals surface area (Å²) in [5.74, 6) is -0.102. The summed E-state index contributed by atoms with van der Waals surface area (Å²) in [5, 5.41) is 2.84. The summed E-state index contributed by atoms with van der Waals surface area (Å²) in [4.78, 5) is 12.7. The van der Waals surface area contributed by atoms with E-state index in [4.69, 9.17) is 4.74 Å². The Labute approximate surface area is 150 Å². The van der Waals surface area contributed by atoms with Gasteiger partial charge in [-0.3, -0.25) is 4.79 Å². The van der Waals surface area contributed by atoms with Crippen molar-refractivity contribution in [2.24, 2.45) is 0 Å². The third-order valence-electron chi connectivity index (χ3n) is 5.11. The quantitative estimate of drug-likeness (QED) is 0.890. The van der Waals surface area contributed by atoms with Crippen LogP contribution in [0, 0.1) is 5.82 Å². The number of benzene rings is 2. The fraction of sp³-hybridized carbons (Fsp3) is 0.278. The molecule has 0 radical (unpaired) electrons. The normalized spacial score (nSPS) is 22.5. The first-order chi connectivity index (χ1) is 12.4. The van der Waals surface area contributed by atoms with E-state index in [0.717, 1.165) is 17.7 Å². The first kappa shape index (κ1) is 17.0. The van der Waals surface area contributed by atoms with Gasteiger partial charge in [-0.05, 0) is 54.4 Å². The van der Waals surface area contributed by atoms with E-state index in [2.05, 4.69) is 5.32 Å². The minimum absolute atomic E-state index is 0.0141. The Morgan fingerprint density at radius 1 is 1.19 bits per heavy atom. The zero-order chi connectivity index (χ0) is 18.5. The van der Waals surface area contributed by atoms with Gasteiger partial charge in [0.1, 0.15) is 11.6 Å². The molecule has 1 N–H and O–H groups in total. The molecule has 0 bridgehead atoms. The lowest BCUT2D eigenvalue weighted by molar-refractivity contribution is -0.120. The van der Waals surface area contributed by atoms with Crippen molar-refractivity contribution in [3.05, 3.63) is 53.8 Å². The summed E-state index contributed by atoms with van der Waals surface area (Å²) in [6.07, 6.45) is 0.374. The molecule has 1 atom stereocenters. The predicted octanol–water partition coefficient (Wildman–Crippen LogP) is 2.12. The number of fused-ring (bicyclic) bond motifs is 2. The number of anilines is 1. The van der Waals surface area contributed by atoms with E-state index in [9.17, 15) is 17.6 Å². The van der Waals surface area contributed by atoms with Gasteiger partial charge in [0.05, 0.1) is 17.4 Å². The molecule has 2 aliphatic heterocycles. The van der Waals surface area contributed by atoms with Crippen LogP contribution in [0.15, 0.2) is 47.4 Å². The second-order valence-electron chi connectivity index (χ2n) is 6.49. The molecule has 2 aromatic carbocycles. The van der Waals surface area contributed by atoms with Gasteiger partial charge in [-0.25, -0.2) is 12.8 Å². The van der Waals surface area contributed by atoms with Crippen molar-refractivity contribution in [1.29, 1.82) is 0 Å². The summed E-state index contributed by atoms with van der Waals surface area (Å²) in [5.41, 5.74) is 0.493. The van der Waals surface area contributed by atoms with E-state index in [0.29, 0.717) is 17.9 Å². The van der Waals surface area contributed by atoms with Crippen LogP contribution in [0.4, 0.5) is 10.1 Å². The second-order valence-corrected chi connectivity index (χ2v) is 8.43. The Hall–Kier alpha value is -2.45. The molecule has 4 rings (SSSR count). The number of methoxy groups -OCH3 is 1. The SMILES string of the molecule is COc1ccc2c(c1)[C@]1(CCN(S(=O)(=O)c3ccc(F)cc3)C1)C(=O)N2. The number of carbonyl (C=O) groups is 1. The Morgan fingerprint density at radius 3 is 2.62 bits per heavy atom. The molecule has 8 heteroatoms. The maximum absolute atomic E-state index is 13.1. The molecule has 26 heavy (non-hydrogen) atoms. The Balaban J connectivity index is 1.71. The van der Waals surface area contributed by atoms with Crippen LogP contribution >= 0.6 is 0 Å². The van der Waals surface area contributed by atoms with Gasteiger partial charge in [0.25, 0.3) is 0 Å². The maximum Gasteiger partial charge on any atom is 0.243 e. The van der Waals surface area contributed by atoms with E-state index in [1.54, 1.807) is 25.3 Å². The number of rotatable bonds is 3. The van der Waals surface area contributed by atoms with Crippen molar-refractivity contribution < 1.29 is 22.3 Å². The summed E-state index contributed by atoms with van der Waals surface area (Å²) >= 11 is 0. The van der Waals surface area contributed by atoms with Crippen molar-refractivity contribution >= 4 is 21.6 Å². The van der Waals surface area contributed by atoms with E-state index in [1.165, 1.54) is 16.4 Å². The zero-order valence-corrected chi connectivity index (χ0v) is 14.8. The van der Waals surface area contributed by atoms with Crippen molar-refractivity contribution in [1.82, 2.24) is 4.31 Å². The molecule has 1 amide bonds. The number of sulfonamides is 1. The van der Waals surface area contributed by atoms with Crippen LogP contribution in [0.25, 0.3) is 0 Å². The number of nitrogens with zero attached hydrogens (tertiary/aromatic N) is 1. The number of hydrogen-bond acceptors (Lipinski definition) is 4. The van der Waals surface area contributed by atoms with Crippen LogP contribution in [-0.2, 0) is 20.2 Å². The van der Waals surface area contributed by atoms with Crippen molar-refractivity contribution in [2.45, 2.75) is 16.7 Å². The molecule has 136 valence electrons. The first-order valence-corrected chi connectivity index (χ1v) is 9.56. The largest absolute Gasteiger partial charge is 0.497 e. The fourth-order valence-corrected chi connectivity index (χ4v) is 5.16. The third-order valence-corrected chi connectivity index (χ3v) is 6.97. The summed E-state index contributed by atoms with van der Waals surface area (Å²) in [7, 11) is -2.26. The lowest BCUT2D eigenvalue weighted by Gasteiger charge is -2.22. The van der Waals surface area contributed by atoms with Crippen molar-refractivity contribution in [3.8, 4) is 5.75 Å². The van der Waals surface area contributed by atoms with E-state index < -0.39 is 21.3 Å². The molecule has 2 aliphatic rings. The molecule has 1 fully saturated rings. The smallest absolute Gasteiger partial charge is 0.243 e. The van der Waals surface area contributed by atoms with Crippen LogP contribution in [0.3, 0.4) is 0 Å². The first-order valence-electron chi connectivity index (χ1n) is 8.12. The minimum Gasteiger partial charge on any atom is -0.497 e. The number of hydrogen-bond donors (Lipinski definition) is 1. The molecule has 0 unspecified atom stereocenters. The van der Waals surface area contributed by atoms with Gasteiger partial charge < -0.3 is 10.1 Å². The van der Waals surface area contributed by atoms with Crippen LogP contribution in [0.2, 0.25) is 0 Å². The summed E-state index contributed by atoms with van der Waals surface area (Å²) in [6, 6.07) is 9.99. The van der Waals surface area contributed by atoms with Gasteiger partial charge >= 0.3 is 0 Å². The van der Waals surface area contributed by atoms with Gasteiger partial charge in [-0.1, -0.05) is 0 Å². The standard InChI is InChI=1S/C18H17FN2O4S/c1-25-13-4-7-16-15(10-13)18(17(22)20-16)8-9-21(11-18)26(23,24)14-5-2-12(19)3-6-14/h2-7,10H,8-9,11H2,1H3,(H,20,22)/t18-/m1/s1. The molecular formula is C18H17FN2O4S. The monoisotopic (exact) mass is 376 g/mol. The van der Waals surface area contributed by atoms with Gasteiger partial charge in [-0.15, -0.1) is 0 Å². The molecule has 2 aromatic rings. The molecule has 0 aromatic heterocycles. The number of amides is 1. The minimum atomic E-state index is -3.81. The highest BCUT2D eigenvalue weighted by atomic mass is 32.2. The van der Waals surface area contributed by atoms with Crippen LogP contribution in [-0.4, -0.2) is 38.8 Å². The predicted molar refractivity (Wildman–Crippen MR) is 93.1 cm³/mol. The molecule has 0 aliphatic carbocycles. The summed E-state index contributed by atoms with van der Waals surface area (Å²) < 4.78 is 45.4. The molecule has 0 saturated carbocycles. The lowest BCUT2D eigenvalue weighted by Crippen LogP contribution is -2.39. The average Bonchev–Trinajstić information content (AvgIpc) is 3.19. The highest BCUT2D eigenvalue weighted by Crippen LogP contribution is 2.46. The lowest BCUT2D eigenvalue weighted by atomic mass is 9.81. The fourth-order valence-electron chi connectivity index (χ4n) is 3.66. The van der Waals surface area contributed by atoms with Crippen LogP contribution in [0.5, 0.6) is 5.75 Å². The molecule has 1 spiro atoms. The Kier molecular flexibility index (Phi) is 3.78. The molecular weight excluding hydrogens is 359 g/mol. The number of nitrogens with one attached hydrogen (secondary N) is 1. The molecule has 2 heterocycles.